The van der Waals surface area contributed by atoms with Crippen molar-refractivity contribution >= 4 is 17.3 Å². The van der Waals surface area contributed by atoms with Gasteiger partial charge in [0.15, 0.2) is 5.11 Å². The normalized spacial score (nSPS) is 24.5. The first-order valence-corrected chi connectivity index (χ1v) is 7.00. The van der Waals surface area contributed by atoms with E-state index in [0.29, 0.717) is 6.04 Å². The zero-order chi connectivity index (χ0) is 12.1. The number of nitrogens with one attached hydrogen (secondary N) is 2. The van der Waals surface area contributed by atoms with E-state index in [1.807, 2.05) is 7.05 Å². The van der Waals surface area contributed by atoms with Crippen LogP contribution in [0.2, 0.25) is 0 Å². The van der Waals surface area contributed by atoms with Crippen LogP contribution >= 0.6 is 12.2 Å². The van der Waals surface area contributed by atoms with Crippen LogP contribution in [0, 0.1) is 0 Å². The third-order valence-corrected chi connectivity index (χ3v) is 4.12. The lowest BCUT2D eigenvalue weighted by Crippen LogP contribution is -2.50. The molecule has 2 rings (SSSR count). The molecular formula is C12H23N3OS. The van der Waals surface area contributed by atoms with Crippen molar-refractivity contribution in [2.24, 2.45) is 0 Å². The van der Waals surface area contributed by atoms with Crippen LogP contribution in [0.3, 0.4) is 0 Å². The molecule has 98 valence electrons. The zero-order valence-corrected chi connectivity index (χ0v) is 11.4. The summed E-state index contributed by atoms with van der Waals surface area (Å²) >= 11 is 5.14. The van der Waals surface area contributed by atoms with Gasteiger partial charge in [-0.15, -0.1) is 0 Å². The van der Waals surface area contributed by atoms with Crippen molar-refractivity contribution in [2.75, 3.05) is 33.4 Å². The second-order valence-electron chi connectivity index (χ2n) is 4.88. The molecule has 0 aromatic carbocycles. The monoisotopic (exact) mass is 257 g/mol. The highest BCUT2D eigenvalue weighted by molar-refractivity contribution is 7.80. The van der Waals surface area contributed by atoms with E-state index in [-0.39, 0.29) is 0 Å². The summed E-state index contributed by atoms with van der Waals surface area (Å²) in [5.41, 5.74) is 0. The van der Waals surface area contributed by atoms with Gasteiger partial charge >= 0.3 is 0 Å². The Balaban J connectivity index is 1.71. The zero-order valence-electron chi connectivity index (χ0n) is 10.6. The molecule has 2 aliphatic rings. The summed E-state index contributed by atoms with van der Waals surface area (Å²) in [6.07, 6.45) is 4.79. The van der Waals surface area contributed by atoms with Crippen LogP contribution < -0.4 is 10.6 Å². The number of rotatable bonds is 2. The van der Waals surface area contributed by atoms with E-state index in [0.717, 1.165) is 24.4 Å². The molecular weight excluding hydrogens is 234 g/mol. The molecule has 2 aliphatic heterocycles. The Labute approximate surface area is 109 Å². The Hall–Kier alpha value is -0.390. The fraction of sp³-hybridized carbons (Fsp3) is 0.917. The van der Waals surface area contributed by atoms with Crippen molar-refractivity contribution in [1.82, 2.24) is 15.5 Å². The molecule has 5 heteroatoms. The predicted octanol–water partition coefficient (Wildman–Crippen LogP) is 0.724. The molecule has 0 aromatic heterocycles. The summed E-state index contributed by atoms with van der Waals surface area (Å²) in [5.74, 6) is 0. The molecule has 2 N–H and O–H groups in total. The van der Waals surface area contributed by atoms with Crippen molar-refractivity contribution in [3.05, 3.63) is 0 Å². The van der Waals surface area contributed by atoms with E-state index in [4.69, 9.17) is 17.0 Å². The van der Waals surface area contributed by atoms with Crippen LogP contribution in [0.25, 0.3) is 0 Å². The Morgan fingerprint density at radius 2 is 1.82 bits per heavy atom. The first-order chi connectivity index (χ1) is 8.29. The minimum Gasteiger partial charge on any atom is -0.381 e. The fourth-order valence-electron chi connectivity index (χ4n) is 2.72. The van der Waals surface area contributed by atoms with E-state index < -0.39 is 0 Å². The lowest BCUT2D eigenvalue weighted by Gasteiger charge is -2.39. The minimum atomic E-state index is 0.547. The summed E-state index contributed by atoms with van der Waals surface area (Å²) in [6, 6.07) is 1.30. The molecule has 0 atom stereocenters. The number of hydrogen-bond donors (Lipinski definition) is 2. The van der Waals surface area contributed by atoms with Crippen molar-refractivity contribution in [3.63, 3.8) is 0 Å². The summed E-state index contributed by atoms with van der Waals surface area (Å²) < 4.78 is 5.41. The van der Waals surface area contributed by atoms with Gasteiger partial charge in [0.05, 0.1) is 0 Å². The summed E-state index contributed by atoms with van der Waals surface area (Å²) in [6.45, 7) is 4.25. The third kappa shape index (κ3) is 3.79. The highest BCUT2D eigenvalue weighted by Crippen LogP contribution is 2.19. The summed E-state index contributed by atoms with van der Waals surface area (Å²) in [4.78, 5) is 2.63. The van der Waals surface area contributed by atoms with Crippen LogP contribution in [0.5, 0.6) is 0 Å². The lowest BCUT2D eigenvalue weighted by molar-refractivity contribution is 0.0247. The van der Waals surface area contributed by atoms with Crippen LogP contribution in [0.4, 0.5) is 0 Å². The maximum absolute atomic E-state index is 5.41. The Morgan fingerprint density at radius 3 is 2.41 bits per heavy atom. The molecule has 0 amide bonds. The van der Waals surface area contributed by atoms with Gasteiger partial charge in [-0.3, -0.25) is 0 Å². The summed E-state index contributed by atoms with van der Waals surface area (Å²) in [7, 11) is 1.87. The van der Waals surface area contributed by atoms with Gasteiger partial charge in [0.1, 0.15) is 0 Å². The molecule has 4 nitrogen and oxygen atoms in total. The highest BCUT2D eigenvalue weighted by Gasteiger charge is 2.26. The van der Waals surface area contributed by atoms with E-state index >= 15 is 0 Å². The molecule has 2 heterocycles. The molecule has 0 aliphatic carbocycles. The van der Waals surface area contributed by atoms with E-state index in [2.05, 4.69) is 15.5 Å². The molecule has 0 bridgehead atoms. The third-order valence-electron chi connectivity index (χ3n) is 3.80. The van der Waals surface area contributed by atoms with Gasteiger partial charge in [-0.05, 0) is 37.9 Å². The van der Waals surface area contributed by atoms with E-state index in [1.54, 1.807) is 0 Å². The maximum atomic E-state index is 5.41. The molecule has 0 unspecified atom stereocenters. The number of nitrogens with zero attached hydrogens (tertiary/aromatic N) is 1. The molecule has 17 heavy (non-hydrogen) atoms. The number of hydrogen-bond acceptors (Lipinski definition) is 3. The molecule has 0 spiro atoms. The Kier molecular flexibility index (Phi) is 5.00. The first-order valence-electron chi connectivity index (χ1n) is 6.59. The van der Waals surface area contributed by atoms with Crippen LogP contribution in [0.15, 0.2) is 0 Å². The Bertz CT molecular complexity index is 248. The smallest absolute Gasteiger partial charge is 0.166 e. The number of ether oxygens (including phenoxy) is 1. The van der Waals surface area contributed by atoms with E-state index in [1.165, 1.54) is 38.8 Å². The lowest BCUT2D eigenvalue weighted by atomic mass is 10.00. The number of thiocarbonyl (C=S) groups is 1. The van der Waals surface area contributed by atoms with Gasteiger partial charge in [0.25, 0.3) is 0 Å². The van der Waals surface area contributed by atoms with Gasteiger partial charge in [-0.1, -0.05) is 0 Å². The van der Waals surface area contributed by atoms with Crippen LogP contribution in [-0.2, 0) is 4.74 Å². The number of piperidine rings is 1. The average molecular weight is 257 g/mol. The van der Waals surface area contributed by atoms with Crippen LogP contribution in [0.1, 0.15) is 25.7 Å². The molecule has 0 radical (unpaired) electrons. The molecule has 0 saturated carbocycles. The number of likely N-dealkylation sites (tertiary alicyclic amines) is 1. The van der Waals surface area contributed by atoms with Crippen molar-refractivity contribution in [1.29, 1.82) is 0 Å². The largest absolute Gasteiger partial charge is 0.381 e. The van der Waals surface area contributed by atoms with E-state index in [9.17, 15) is 0 Å². The van der Waals surface area contributed by atoms with Gasteiger partial charge in [0, 0.05) is 45.4 Å². The van der Waals surface area contributed by atoms with Crippen molar-refractivity contribution in [3.8, 4) is 0 Å². The van der Waals surface area contributed by atoms with Crippen molar-refractivity contribution < 1.29 is 4.74 Å². The Morgan fingerprint density at radius 1 is 1.18 bits per heavy atom. The second kappa shape index (κ2) is 6.52. The summed E-state index contributed by atoms with van der Waals surface area (Å²) in [5, 5.41) is 7.11. The SMILES string of the molecule is CNC(=S)NC1CCN(C2CCOCC2)CC1. The molecule has 2 saturated heterocycles. The second-order valence-corrected chi connectivity index (χ2v) is 5.29. The van der Waals surface area contributed by atoms with Gasteiger partial charge in [-0.2, -0.15) is 0 Å². The van der Waals surface area contributed by atoms with Gasteiger partial charge < -0.3 is 20.3 Å². The first kappa shape index (κ1) is 13.1. The van der Waals surface area contributed by atoms with Gasteiger partial charge in [-0.25, -0.2) is 0 Å². The van der Waals surface area contributed by atoms with Crippen molar-refractivity contribution in [2.45, 2.75) is 37.8 Å². The fourth-order valence-corrected chi connectivity index (χ4v) is 2.88. The van der Waals surface area contributed by atoms with Gasteiger partial charge in [0.2, 0.25) is 0 Å². The highest BCUT2D eigenvalue weighted by atomic mass is 32.1. The quantitative estimate of drug-likeness (QED) is 0.713. The maximum Gasteiger partial charge on any atom is 0.166 e. The minimum absolute atomic E-state index is 0.547. The molecule has 0 aromatic rings. The predicted molar refractivity (Wildman–Crippen MR) is 73.2 cm³/mol. The van der Waals surface area contributed by atoms with Crippen LogP contribution in [-0.4, -0.2) is 55.4 Å². The molecule has 2 fully saturated rings. The average Bonchev–Trinajstić information content (AvgIpc) is 2.40. The standard InChI is InChI=1S/C12H23N3OS/c1-13-12(17)14-10-2-6-15(7-3-10)11-4-8-16-9-5-11/h10-11H,2-9H2,1H3,(H2,13,14,17). The topological polar surface area (TPSA) is 36.5 Å².